The van der Waals surface area contributed by atoms with E-state index in [9.17, 15) is 40.7 Å². The maximum Gasteiger partial charge on any atom is 0.416 e. The Bertz CT molecular complexity index is 1970. The number of nitrogens with one attached hydrogen (secondary N) is 1. The zero-order valence-corrected chi connectivity index (χ0v) is 25.8. The first-order chi connectivity index (χ1) is 22.2. The predicted octanol–water partition coefficient (Wildman–Crippen LogP) is 1.39. The largest absolute Gasteiger partial charge is 0.416 e. The maximum atomic E-state index is 13.5. The van der Waals surface area contributed by atoms with Gasteiger partial charge in [0.25, 0.3) is 5.91 Å². The van der Waals surface area contributed by atoms with E-state index < -0.39 is 59.0 Å². The minimum atomic E-state index is -5.02. The number of nitrogens with zero attached hydrogens (tertiary/aromatic N) is 8. The van der Waals surface area contributed by atoms with Gasteiger partial charge in [0.15, 0.2) is 33.3 Å². The molecule has 0 bridgehead atoms. The summed E-state index contributed by atoms with van der Waals surface area (Å²) in [4.78, 5) is 36.8. The fourth-order valence-electron chi connectivity index (χ4n) is 4.92. The molecule has 2 aliphatic rings. The molecule has 0 radical (unpaired) electrons. The van der Waals surface area contributed by atoms with Crippen molar-refractivity contribution in [3.63, 3.8) is 0 Å². The van der Waals surface area contributed by atoms with Gasteiger partial charge in [0, 0.05) is 36.3 Å². The molecule has 1 aromatic carbocycles. The minimum Gasteiger partial charge on any atom is -0.382 e. The molecular formula is C27H26ClF4N9O5S. The Hall–Kier alpha value is -4.36. The molecule has 2 N–H and O–H groups in total. The Morgan fingerprint density at radius 2 is 1.81 bits per heavy atom. The average Bonchev–Trinajstić information content (AvgIpc) is 3.41. The van der Waals surface area contributed by atoms with Crippen LogP contribution < -0.4 is 15.9 Å². The van der Waals surface area contributed by atoms with Gasteiger partial charge in [-0.3, -0.25) is 9.36 Å². The number of sulfone groups is 1. The summed E-state index contributed by atoms with van der Waals surface area (Å²) in [6.45, 7) is -1.56. The number of alkyl halides is 4. The van der Waals surface area contributed by atoms with E-state index in [1.807, 2.05) is 0 Å². The van der Waals surface area contributed by atoms with E-state index in [1.165, 1.54) is 47.3 Å². The molecule has 1 aliphatic heterocycles. The van der Waals surface area contributed by atoms with Crippen LogP contribution in [-0.4, -0.2) is 103 Å². The topological polar surface area (TPSA) is 170 Å². The highest BCUT2D eigenvalue weighted by Gasteiger charge is 2.40. The van der Waals surface area contributed by atoms with Gasteiger partial charge in [-0.15, -0.1) is 10.2 Å². The van der Waals surface area contributed by atoms with Gasteiger partial charge in [-0.05, 0) is 36.4 Å². The SMILES string of the molecule is O=C(N[C@H]1C[C@@H]1F)c1ncccc1-n1nc(Cn2nc(-c3ccc(Cl)cc3)n(C[C@@H](O)C(F)(F)F)c2=O)nc1N1CCS(=O)(=O)CC1. The molecule has 1 aliphatic carbocycles. The van der Waals surface area contributed by atoms with Crippen LogP contribution in [0.3, 0.4) is 0 Å². The lowest BCUT2D eigenvalue weighted by Crippen LogP contribution is -2.41. The summed E-state index contributed by atoms with van der Waals surface area (Å²) < 4.78 is 80.5. The van der Waals surface area contributed by atoms with Crippen LogP contribution in [0.2, 0.25) is 5.02 Å². The minimum absolute atomic E-state index is 0.0263. The van der Waals surface area contributed by atoms with E-state index in [1.54, 1.807) is 4.90 Å². The van der Waals surface area contributed by atoms with Crippen LogP contribution in [0.25, 0.3) is 17.1 Å². The van der Waals surface area contributed by atoms with Gasteiger partial charge in [0.2, 0.25) is 5.95 Å². The van der Waals surface area contributed by atoms with Crippen LogP contribution in [0.15, 0.2) is 47.4 Å². The average molecular weight is 700 g/mol. The van der Waals surface area contributed by atoms with Crippen LogP contribution in [0.5, 0.6) is 0 Å². The number of aliphatic hydroxyl groups excluding tert-OH is 1. The number of anilines is 1. The maximum absolute atomic E-state index is 13.5. The van der Waals surface area contributed by atoms with Gasteiger partial charge in [-0.25, -0.2) is 27.3 Å². The number of hydrogen-bond donors (Lipinski definition) is 2. The third-order valence-electron chi connectivity index (χ3n) is 7.57. The number of aliphatic hydroxyl groups is 1. The molecule has 47 heavy (non-hydrogen) atoms. The second-order valence-corrected chi connectivity index (χ2v) is 13.8. The first-order valence-corrected chi connectivity index (χ1v) is 16.4. The molecule has 20 heteroatoms. The van der Waals surface area contributed by atoms with Crippen LogP contribution in [0.4, 0.5) is 23.5 Å². The highest BCUT2D eigenvalue weighted by Crippen LogP contribution is 2.27. The van der Waals surface area contributed by atoms with Gasteiger partial charge >= 0.3 is 11.9 Å². The van der Waals surface area contributed by atoms with E-state index in [0.717, 1.165) is 4.68 Å². The fourth-order valence-corrected chi connectivity index (χ4v) is 6.24. The number of carbonyl (C=O) groups is 1. The Balaban J connectivity index is 1.41. The van der Waals surface area contributed by atoms with E-state index in [2.05, 4.69) is 25.5 Å². The number of pyridine rings is 1. The van der Waals surface area contributed by atoms with Crippen molar-refractivity contribution in [1.29, 1.82) is 0 Å². The fraction of sp³-hybridized carbons (Fsp3) is 0.407. The lowest BCUT2D eigenvalue weighted by atomic mass is 10.2. The second-order valence-electron chi connectivity index (χ2n) is 11.0. The van der Waals surface area contributed by atoms with Crippen molar-refractivity contribution >= 4 is 33.3 Å². The quantitative estimate of drug-likeness (QED) is 0.244. The number of amides is 1. The van der Waals surface area contributed by atoms with E-state index in [0.29, 0.717) is 9.59 Å². The Kier molecular flexibility index (Phi) is 8.56. The molecular weight excluding hydrogens is 674 g/mol. The van der Waals surface area contributed by atoms with Crippen LogP contribution >= 0.6 is 11.6 Å². The summed E-state index contributed by atoms with van der Waals surface area (Å²) in [6.07, 6.45) is -7.56. The number of benzene rings is 1. The number of hydrogen-bond acceptors (Lipinski definition) is 10. The molecule has 14 nitrogen and oxygen atoms in total. The van der Waals surface area contributed by atoms with Crippen molar-refractivity contribution in [3.05, 3.63) is 69.6 Å². The zero-order valence-electron chi connectivity index (χ0n) is 24.2. The van der Waals surface area contributed by atoms with Crippen LogP contribution in [0.1, 0.15) is 22.7 Å². The lowest BCUT2D eigenvalue weighted by molar-refractivity contribution is -0.207. The highest BCUT2D eigenvalue weighted by molar-refractivity contribution is 7.91. The van der Waals surface area contributed by atoms with Gasteiger partial charge in [0.05, 0.1) is 29.8 Å². The number of aromatic nitrogens is 7. The Morgan fingerprint density at radius 1 is 1.13 bits per heavy atom. The third kappa shape index (κ3) is 7.01. The predicted molar refractivity (Wildman–Crippen MR) is 159 cm³/mol. The summed E-state index contributed by atoms with van der Waals surface area (Å²) in [6, 6.07) is 8.16. The van der Waals surface area contributed by atoms with Gasteiger partial charge in [0.1, 0.15) is 12.7 Å². The molecule has 250 valence electrons. The normalized spacial score (nSPS) is 19.8. The molecule has 2 fully saturated rings. The van der Waals surface area contributed by atoms with Crippen molar-refractivity contribution in [1.82, 2.24) is 39.4 Å². The van der Waals surface area contributed by atoms with Gasteiger partial charge in [-0.1, -0.05) is 11.6 Å². The Labute approximate surface area is 268 Å². The Morgan fingerprint density at radius 3 is 2.45 bits per heavy atom. The van der Waals surface area contributed by atoms with E-state index >= 15 is 0 Å². The molecule has 4 aromatic rings. The van der Waals surface area contributed by atoms with Crippen LogP contribution in [0, 0.1) is 0 Å². The summed E-state index contributed by atoms with van der Waals surface area (Å²) in [5, 5.41) is 21.4. The summed E-state index contributed by atoms with van der Waals surface area (Å²) >= 11 is 5.95. The van der Waals surface area contributed by atoms with Crippen molar-refractivity contribution in [2.75, 3.05) is 29.5 Å². The summed E-state index contributed by atoms with van der Waals surface area (Å²) in [5.41, 5.74) is -0.768. The monoisotopic (exact) mass is 699 g/mol. The summed E-state index contributed by atoms with van der Waals surface area (Å²) in [7, 11) is -3.31. The molecule has 1 saturated carbocycles. The molecule has 3 aromatic heterocycles. The number of halogens is 5. The van der Waals surface area contributed by atoms with Gasteiger partial charge in [-0.2, -0.15) is 22.8 Å². The van der Waals surface area contributed by atoms with Crippen molar-refractivity contribution in [2.45, 2.75) is 44.0 Å². The standard InChI is InChI=1S/C27H26ClF4N9O5S/c28-16-5-3-15(4-6-16)23-37-40(26(44)39(23)13-20(42)27(30,31)32)14-21-35-25(38-8-10-47(45,46)11-9-38)41(36-21)19-2-1-7-33-22(19)24(43)34-18-12-17(18)29/h1-7,17-18,20,42H,8-14H2,(H,34,43)/t17-,18-,20+/m0/s1. The first kappa shape index (κ1) is 32.6. The smallest absolute Gasteiger partial charge is 0.382 e. The molecule has 3 atom stereocenters. The zero-order chi connectivity index (χ0) is 33.7. The third-order valence-corrected chi connectivity index (χ3v) is 9.43. The van der Waals surface area contributed by atoms with Crippen LogP contribution in [-0.2, 0) is 22.9 Å². The van der Waals surface area contributed by atoms with Crippen molar-refractivity contribution in [2.24, 2.45) is 0 Å². The first-order valence-electron chi connectivity index (χ1n) is 14.2. The second kappa shape index (κ2) is 12.3. The van der Waals surface area contributed by atoms with Crippen molar-refractivity contribution in [3.8, 4) is 17.1 Å². The molecule has 6 rings (SSSR count). The van der Waals surface area contributed by atoms with E-state index in [4.69, 9.17) is 11.6 Å². The molecule has 1 saturated heterocycles. The summed E-state index contributed by atoms with van der Waals surface area (Å²) in [5.74, 6) is -1.21. The number of carbonyl (C=O) groups excluding carboxylic acids is 1. The highest BCUT2D eigenvalue weighted by atomic mass is 35.5. The van der Waals surface area contributed by atoms with Gasteiger partial charge < -0.3 is 15.3 Å². The molecule has 0 spiro atoms. The van der Waals surface area contributed by atoms with E-state index in [-0.39, 0.29) is 65.6 Å². The number of rotatable bonds is 9. The lowest BCUT2D eigenvalue weighted by Gasteiger charge is -2.27. The molecule has 4 heterocycles. The molecule has 0 unspecified atom stereocenters. The van der Waals surface area contributed by atoms with Crippen molar-refractivity contribution < 1.29 is 35.9 Å². The molecule has 1 amide bonds.